The number of carboxylic acids is 1. The van der Waals surface area contributed by atoms with Crippen LogP contribution in [0.2, 0.25) is 0 Å². The van der Waals surface area contributed by atoms with Crippen LogP contribution in [0.25, 0.3) is 0 Å². The largest absolute Gasteiger partial charge is 0.481 e. The van der Waals surface area contributed by atoms with Gasteiger partial charge in [-0.2, -0.15) is 0 Å². The minimum atomic E-state index is -0.895. The van der Waals surface area contributed by atoms with E-state index in [1.54, 1.807) is 18.2 Å². The van der Waals surface area contributed by atoms with Crippen molar-refractivity contribution in [2.75, 3.05) is 6.79 Å². The lowest BCUT2D eigenvalue weighted by molar-refractivity contribution is -0.138. The maximum Gasteiger partial charge on any atom is 0.303 e. The topological polar surface area (TPSA) is 114 Å². The van der Waals surface area contributed by atoms with Crippen LogP contribution in [0.3, 0.4) is 0 Å². The number of hydrogen-bond donors (Lipinski definition) is 2. The average Bonchev–Trinajstić information content (AvgIpc) is 3.40. The van der Waals surface area contributed by atoms with Crippen molar-refractivity contribution in [3.8, 4) is 11.5 Å². The van der Waals surface area contributed by atoms with Gasteiger partial charge in [-0.3, -0.25) is 14.4 Å². The second-order valence-electron chi connectivity index (χ2n) is 9.69. The first-order valence-corrected chi connectivity index (χ1v) is 11.5. The summed E-state index contributed by atoms with van der Waals surface area (Å²) in [7, 11) is 0. The van der Waals surface area contributed by atoms with E-state index in [2.05, 4.69) is 0 Å². The van der Waals surface area contributed by atoms with E-state index in [-0.39, 0.29) is 42.6 Å². The molecule has 0 amide bonds. The minimum absolute atomic E-state index is 0.0266. The van der Waals surface area contributed by atoms with Gasteiger partial charge in [-0.25, -0.2) is 0 Å². The van der Waals surface area contributed by atoms with E-state index < -0.39 is 23.1 Å². The van der Waals surface area contributed by atoms with E-state index in [9.17, 15) is 19.5 Å². The Kier molecular flexibility index (Phi) is 6.55. The molecule has 0 saturated heterocycles. The first-order valence-electron chi connectivity index (χ1n) is 11.5. The highest BCUT2D eigenvalue weighted by Crippen LogP contribution is 2.44. The molecule has 34 heavy (non-hydrogen) atoms. The maximum atomic E-state index is 13.6. The Morgan fingerprint density at radius 2 is 1.68 bits per heavy atom. The zero-order valence-electron chi connectivity index (χ0n) is 19.4. The molecule has 1 aliphatic heterocycles. The van der Waals surface area contributed by atoms with Gasteiger partial charge in [0, 0.05) is 18.4 Å². The molecule has 2 aromatic rings. The quantitative estimate of drug-likeness (QED) is 0.396. The average molecular weight is 464 g/mol. The molecule has 7 heteroatoms. The Hall–Kier alpha value is -3.48. The number of ether oxygens (including phenoxy) is 2. The number of ketones is 2. The van der Waals surface area contributed by atoms with Gasteiger partial charge in [-0.1, -0.05) is 38.1 Å². The van der Waals surface area contributed by atoms with Crippen LogP contribution in [0.5, 0.6) is 11.5 Å². The lowest BCUT2D eigenvalue weighted by atomic mass is 9.71. The summed E-state index contributed by atoms with van der Waals surface area (Å²) in [6.07, 6.45) is 1.72. The first kappa shape index (κ1) is 23.7. The Bertz CT molecular complexity index is 1130. The standard InChI is InChI=1S/C27H29NO6/c1-16(2)24(25(28)26(32)17-7-8-21-22(11-17)34-15-33-21)20(29)14-27(10-9-23(30)31)12-18-5-3-4-6-19(18)13-27/h3-8,11,16,24,28H,9-10,12-15H2,1-2H3,(H,30,31). The zero-order chi connectivity index (χ0) is 24.5. The van der Waals surface area contributed by atoms with E-state index >= 15 is 0 Å². The third kappa shape index (κ3) is 4.74. The Morgan fingerprint density at radius 1 is 1.03 bits per heavy atom. The minimum Gasteiger partial charge on any atom is -0.481 e. The summed E-state index contributed by atoms with van der Waals surface area (Å²) in [5.41, 5.74) is 1.78. The van der Waals surface area contributed by atoms with Crippen molar-refractivity contribution in [1.82, 2.24) is 0 Å². The smallest absolute Gasteiger partial charge is 0.303 e. The van der Waals surface area contributed by atoms with Crippen LogP contribution >= 0.6 is 0 Å². The summed E-state index contributed by atoms with van der Waals surface area (Å²) < 4.78 is 10.6. The number of carbonyl (C=O) groups excluding carboxylic acids is 2. The monoisotopic (exact) mass is 463 g/mol. The normalized spacial score (nSPS) is 16.2. The third-order valence-electron chi connectivity index (χ3n) is 6.87. The molecule has 1 aliphatic carbocycles. The number of aliphatic carboxylic acids is 1. The SMILES string of the molecule is CC(C)C(C(=N)C(=O)c1ccc2c(c1)OCO2)C(=O)CC1(CCC(=O)O)Cc2ccccc2C1. The van der Waals surface area contributed by atoms with Crippen molar-refractivity contribution < 1.29 is 29.0 Å². The maximum absolute atomic E-state index is 13.6. The van der Waals surface area contributed by atoms with Gasteiger partial charge in [-0.15, -0.1) is 0 Å². The Morgan fingerprint density at radius 3 is 2.29 bits per heavy atom. The van der Waals surface area contributed by atoms with Gasteiger partial charge in [0.15, 0.2) is 11.5 Å². The predicted octanol–water partition coefficient (Wildman–Crippen LogP) is 4.50. The number of fused-ring (bicyclic) bond motifs is 2. The molecule has 0 radical (unpaired) electrons. The highest BCUT2D eigenvalue weighted by molar-refractivity contribution is 6.48. The molecular weight excluding hydrogens is 434 g/mol. The van der Waals surface area contributed by atoms with E-state index in [0.29, 0.717) is 30.8 Å². The van der Waals surface area contributed by atoms with Gasteiger partial charge in [-0.05, 0) is 59.9 Å². The molecule has 0 aromatic heterocycles. The molecule has 178 valence electrons. The first-order chi connectivity index (χ1) is 16.2. The molecule has 2 N–H and O–H groups in total. The summed E-state index contributed by atoms with van der Waals surface area (Å²) >= 11 is 0. The van der Waals surface area contributed by atoms with Gasteiger partial charge < -0.3 is 20.0 Å². The van der Waals surface area contributed by atoms with Crippen molar-refractivity contribution in [3.63, 3.8) is 0 Å². The van der Waals surface area contributed by atoms with Gasteiger partial charge in [0.2, 0.25) is 12.6 Å². The van der Waals surface area contributed by atoms with Crippen molar-refractivity contribution in [2.24, 2.45) is 17.3 Å². The predicted molar refractivity (Wildman–Crippen MR) is 126 cm³/mol. The summed E-state index contributed by atoms with van der Waals surface area (Å²) in [6, 6.07) is 12.7. The molecular formula is C27H29NO6. The van der Waals surface area contributed by atoms with Crippen molar-refractivity contribution in [1.29, 1.82) is 5.41 Å². The summed E-state index contributed by atoms with van der Waals surface area (Å²) in [6.45, 7) is 3.74. The van der Waals surface area contributed by atoms with Gasteiger partial charge >= 0.3 is 5.97 Å². The van der Waals surface area contributed by atoms with E-state index in [0.717, 1.165) is 11.1 Å². The molecule has 0 spiro atoms. The zero-order valence-corrected chi connectivity index (χ0v) is 19.4. The molecule has 0 saturated carbocycles. The number of carboxylic acid groups (broad SMARTS) is 1. The molecule has 2 aliphatic rings. The lowest BCUT2D eigenvalue weighted by Crippen LogP contribution is -2.37. The number of benzene rings is 2. The molecule has 4 rings (SSSR count). The summed E-state index contributed by atoms with van der Waals surface area (Å²) in [5.74, 6) is -1.73. The van der Waals surface area contributed by atoms with Gasteiger partial charge in [0.05, 0.1) is 11.6 Å². The second-order valence-corrected chi connectivity index (χ2v) is 9.69. The van der Waals surface area contributed by atoms with Crippen molar-refractivity contribution >= 4 is 23.2 Å². The number of hydrogen-bond acceptors (Lipinski definition) is 6. The molecule has 1 atom stereocenters. The van der Waals surface area contributed by atoms with Crippen LogP contribution in [-0.4, -0.2) is 35.1 Å². The number of Topliss-reactive ketones (excluding diaryl/α,β-unsaturated/α-hetero) is 2. The highest BCUT2D eigenvalue weighted by Gasteiger charge is 2.42. The lowest BCUT2D eigenvalue weighted by Gasteiger charge is -2.31. The number of rotatable bonds is 10. The third-order valence-corrected chi connectivity index (χ3v) is 6.87. The highest BCUT2D eigenvalue weighted by atomic mass is 16.7. The van der Waals surface area contributed by atoms with Crippen molar-refractivity contribution in [3.05, 3.63) is 59.2 Å². The van der Waals surface area contributed by atoms with Crippen LogP contribution in [0.15, 0.2) is 42.5 Å². The van der Waals surface area contributed by atoms with Gasteiger partial charge in [0.25, 0.3) is 0 Å². The van der Waals surface area contributed by atoms with E-state index in [4.69, 9.17) is 14.9 Å². The summed E-state index contributed by atoms with van der Waals surface area (Å²) in [4.78, 5) is 38.1. The molecule has 7 nitrogen and oxygen atoms in total. The van der Waals surface area contributed by atoms with Crippen LogP contribution < -0.4 is 9.47 Å². The molecule has 0 bridgehead atoms. The molecule has 1 heterocycles. The van der Waals surface area contributed by atoms with Crippen LogP contribution in [0, 0.1) is 22.7 Å². The fraction of sp³-hybridized carbons (Fsp3) is 0.407. The Balaban J connectivity index is 1.56. The molecule has 1 unspecified atom stereocenters. The van der Waals surface area contributed by atoms with Crippen molar-refractivity contribution in [2.45, 2.75) is 46.0 Å². The molecule has 0 fully saturated rings. The van der Waals surface area contributed by atoms with Crippen LogP contribution in [-0.2, 0) is 22.4 Å². The second kappa shape index (κ2) is 9.41. The van der Waals surface area contributed by atoms with Crippen LogP contribution in [0.4, 0.5) is 0 Å². The summed E-state index contributed by atoms with van der Waals surface area (Å²) in [5, 5.41) is 18.0. The Labute approximate surface area is 198 Å². The van der Waals surface area contributed by atoms with Crippen LogP contribution in [0.1, 0.15) is 54.6 Å². The number of nitrogens with one attached hydrogen (secondary N) is 1. The fourth-order valence-corrected chi connectivity index (χ4v) is 5.22. The fourth-order valence-electron chi connectivity index (χ4n) is 5.22. The van der Waals surface area contributed by atoms with E-state index in [1.165, 1.54) is 0 Å². The molecule has 2 aromatic carbocycles. The van der Waals surface area contributed by atoms with Gasteiger partial charge in [0.1, 0.15) is 5.78 Å². The number of carbonyl (C=O) groups is 3. The van der Waals surface area contributed by atoms with E-state index in [1.807, 2.05) is 38.1 Å².